The molecule has 94 valence electrons. The van der Waals surface area contributed by atoms with Crippen LogP contribution in [0.15, 0.2) is 0 Å². The van der Waals surface area contributed by atoms with Crippen molar-refractivity contribution in [2.75, 3.05) is 19.4 Å². The molecule has 2 atom stereocenters. The number of aliphatic hydroxyl groups excluding tert-OH is 1. The molecule has 0 spiro atoms. The van der Waals surface area contributed by atoms with Gasteiger partial charge in [0.1, 0.15) is 6.04 Å². The van der Waals surface area contributed by atoms with Crippen molar-refractivity contribution in [3.63, 3.8) is 0 Å². The number of hydrogen-bond acceptors (Lipinski definition) is 4. The van der Waals surface area contributed by atoms with Crippen molar-refractivity contribution < 1.29 is 18.3 Å². The maximum Gasteiger partial charge on any atom is 0.238 e. The molecule has 2 N–H and O–H groups in total. The number of sulfonamides is 1. The second-order valence-corrected chi connectivity index (χ2v) is 6.06. The third kappa shape index (κ3) is 3.16. The summed E-state index contributed by atoms with van der Waals surface area (Å²) in [4.78, 5) is 11.7. The van der Waals surface area contributed by atoms with Gasteiger partial charge < -0.3 is 10.4 Å². The van der Waals surface area contributed by atoms with E-state index in [1.165, 1.54) is 4.31 Å². The van der Waals surface area contributed by atoms with Gasteiger partial charge in [0.25, 0.3) is 0 Å². The molecular formula is C9H18N2O4S. The van der Waals surface area contributed by atoms with Crippen LogP contribution in [-0.2, 0) is 14.8 Å². The number of aliphatic hydroxyl groups is 1. The molecule has 1 unspecified atom stereocenters. The second-order valence-electron chi connectivity index (χ2n) is 4.12. The molecule has 6 nitrogen and oxygen atoms in total. The molecule has 1 aliphatic heterocycles. The molecule has 1 rings (SSSR count). The van der Waals surface area contributed by atoms with Gasteiger partial charge in [0.15, 0.2) is 0 Å². The summed E-state index contributed by atoms with van der Waals surface area (Å²) >= 11 is 0. The van der Waals surface area contributed by atoms with Crippen LogP contribution in [0.1, 0.15) is 19.8 Å². The van der Waals surface area contributed by atoms with Crippen molar-refractivity contribution in [1.82, 2.24) is 9.62 Å². The van der Waals surface area contributed by atoms with Crippen LogP contribution in [-0.4, -0.2) is 55.2 Å². The van der Waals surface area contributed by atoms with Crippen molar-refractivity contribution in [2.24, 2.45) is 0 Å². The van der Waals surface area contributed by atoms with Gasteiger partial charge in [-0.05, 0) is 19.8 Å². The molecular weight excluding hydrogens is 232 g/mol. The highest BCUT2D eigenvalue weighted by Gasteiger charge is 2.36. The Morgan fingerprint density at radius 2 is 2.25 bits per heavy atom. The zero-order valence-electron chi connectivity index (χ0n) is 9.51. The summed E-state index contributed by atoms with van der Waals surface area (Å²) < 4.78 is 24.0. The van der Waals surface area contributed by atoms with Gasteiger partial charge in [0.05, 0.1) is 12.9 Å². The first-order valence-corrected chi connectivity index (χ1v) is 7.09. The molecule has 1 saturated heterocycles. The Hall–Kier alpha value is -0.660. The van der Waals surface area contributed by atoms with Crippen molar-refractivity contribution >= 4 is 15.9 Å². The molecule has 7 heteroatoms. The fourth-order valence-electron chi connectivity index (χ4n) is 1.78. The largest absolute Gasteiger partial charge is 0.394 e. The summed E-state index contributed by atoms with van der Waals surface area (Å²) in [5, 5.41) is 11.4. The third-order valence-electron chi connectivity index (χ3n) is 2.59. The molecule has 1 aliphatic rings. The lowest BCUT2D eigenvalue weighted by Crippen LogP contribution is -2.48. The summed E-state index contributed by atoms with van der Waals surface area (Å²) in [5.74, 6) is -0.329. The maximum absolute atomic E-state index is 11.7. The van der Waals surface area contributed by atoms with Crippen molar-refractivity contribution in [3.8, 4) is 0 Å². The van der Waals surface area contributed by atoms with Crippen LogP contribution < -0.4 is 5.32 Å². The summed E-state index contributed by atoms with van der Waals surface area (Å²) in [6.45, 7) is 1.90. The highest BCUT2D eigenvalue weighted by atomic mass is 32.2. The van der Waals surface area contributed by atoms with Crippen LogP contribution in [0.5, 0.6) is 0 Å². The second kappa shape index (κ2) is 5.11. The van der Waals surface area contributed by atoms with E-state index < -0.39 is 16.1 Å². The SMILES string of the molecule is C[C@H](CO)NC(=O)C1CCCN1S(C)(=O)=O. The zero-order valence-corrected chi connectivity index (χ0v) is 10.3. The van der Waals surface area contributed by atoms with E-state index in [0.29, 0.717) is 19.4 Å². The van der Waals surface area contributed by atoms with E-state index in [-0.39, 0.29) is 18.6 Å². The number of carbonyl (C=O) groups is 1. The van der Waals surface area contributed by atoms with Crippen LogP contribution in [0.25, 0.3) is 0 Å². The van der Waals surface area contributed by atoms with Crippen LogP contribution in [0, 0.1) is 0 Å². The van der Waals surface area contributed by atoms with E-state index in [4.69, 9.17) is 5.11 Å². The summed E-state index contributed by atoms with van der Waals surface area (Å²) in [5.41, 5.74) is 0. The average Bonchev–Trinajstić information content (AvgIpc) is 2.65. The zero-order chi connectivity index (χ0) is 12.3. The first kappa shape index (κ1) is 13.4. The predicted molar refractivity (Wildman–Crippen MR) is 59.3 cm³/mol. The minimum atomic E-state index is -3.33. The summed E-state index contributed by atoms with van der Waals surface area (Å²) in [6, 6.07) is -0.974. The Morgan fingerprint density at radius 3 is 2.75 bits per heavy atom. The molecule has 0 radical (unpaired) electrons. The molecule has 0 aromatic carbocycles. The molecule has 1 fully saturated rings. The normalized spacial score (nSPS) is 24.3. The lowest BCUT2D eigenvalue weighted by Gasteiger charge is -2.22. The number of nitrogens with one attached hydrogen (secondary N) is 1. The van der Waals surface area contributed by atoms with Crippen LogP contribution in [0.2, 0.25) is 0 Å². The van der Waals surface area contributed by atoms with Gasteiger partial charge in [-0.25, -0.2) is 8.42 Å². The number of carbonyl (C=O) groups excluding carboxylic acids is 1. The fourth-order valence-corrected chi connectivity index (χ4v) is 2.91. The number of hydrogen-bond donors (Lipinski definition) is 2. The highest BCUT2D eigenvalue weighted by Crippen LogP contribution is 2.20. The van der Waals surface area contributed by atoms with Gasteiger partial charge in [0, 0.05) is 12.6 Å². The Morgan fingerprint density at radius 1 is 1.62 bits per heavy atom. The van der Waals surface area contributed by atoms with Crippen molar-refractivity contribution in [1.29, 1.82) is 0 Å². The van der Waals surface area contributed by atoms with Gasteiger partial charge in [-0.15, -0.1) is 0 Å². The van der Waals surface area contributed by atoms with E-state index in [0.717, 1.165) is 6.26 Å². The first-order chi connectivity index (χ1) is 7.36. The summed E-state index contributed by atoms with van der Waals surface area (Å²) in [6.07, 6.45) is 2.34. The van der Waals surface area contributed by atoms with Gasteiger partial charge in [0.2, 0.25) is 15.9 Å². The molecule has 0 aliphatic carbocycles. The number of nitrogens with zero attached hydrogens (tertiary/aromatic N) is 1. The predicted octanol–water partition coefficient (Wildman–Crippen LogP) is -1.09. The van der Waals surface area contributed by atoms with E-state index in [9.17, 15) is 13.2 Å². The molecule has 16 heavy (non-hydrogen) atoms. The topological polar surface area (TPSA) is 86.7 Å². The molecule has 1 amide bonds. The molecule has 1 heterocycles. The molecule has 0 aromatic heterocycles. The van der Waals surface area contributed by atoms with Crippen molar-refractivity contribution in [2.45, 2.75) is 31.8 Å². The van der Waals surface area contributed by atoms with Gasteiger partial charge in [-0.2, -0.15) is 4.31 Å². The van der Waals surface area contributed by atoms with E-state index >= 15 is 0 Å². The van der Waals surface area contributed by atoms with Crippen LogP contribution >= 0.6 is 0 Å². The monoisotopic (exact) mass is 250 g/mol. The first-order valence-electron chi connectivity index (χ1n) is 5.24. The molecule has 0 aromatic rings. The minimum Gasteiger partial charge on any atom is -0.394 e. The quantitative estimate of drug-likeness (QED) is 0.663. The number of rotatable bonds is 4. The third-order valence-corrected chi connectivity index (χ3v) is 3.88. The van der Waals surface area contributed by atoms with E-state index in [1.807, 2.05) is 0 Å². The van der Waals surface area contributed by atoms with Gasteiger partial charge in [-0.1, -0.05) is 0 Å². The average molecular weight is 250 g/mol. The highest BCUT2D eigenvalue weighted by molar-refractivity contribution is 7.88. The lowest BCUT2D eigenvalue weighted by atomic mass is 10.2. The molecule has 0 saturated carbocycles. The Balaban J connectivity index is 2.69. The maximum atomic E-state index is 11.7. The Labute approximate surface area is 95.7 Å². The smallest absolute Gasteiger partial charge is 0.238 e. The van der Waals surface area contributed by atoms with Crippen molar-refractivity contribution in [3.05, 3.63) is 0 Å². The Bertz CT molecular complexity index is 355. The lowest BCUT2D eigenvalue weighted by molar-refractivity contribution is -0.125. The minimum absolute atomic E-state index is 0.155. The fraction of sp³-hybridized carbons (Fsp3) is 0.889. The molecule has 0 bridgehead atoms. The van der Waals surface area contributed by atoms with Gasteiger partial charge in [-0.3, -0.25) is 4.79 Å². The standard InChI is InChI=1S/C9H18N2O4S/c1-7(6-12)10-9(13)8-4-3-5-11(8)16(2,14)15/h7-8,12H,3-6H2,1-2H3,(H,10,13)/t7-,8?/m1/s1. The van der Waals surface area contributed by atoms with Gasteiger partial charge >= 0.3 is 0 Å². The number of amides is 1. The van der Waals surface area contributed by atoms with E-state index in [2.05, 4.69) is 5.32 Å². The van der Waals surface area contributed by atoms with Crippen LogP contribution in [0.3, 0.4) is 0 Å². The summed E-state index contributed by atoms with van der Waals surface area (Å²) in [7, 11) is -3.33. The van der Waals surface area contributed by atoms with E-state index in [1.54, 1.807) is 6.92 Å². The van der Waals surface area contributed by atoms with Crippen LogP contribution in [0.4, 0.5) is 0 Å². The Kier molecular flexibility index (Phi) is 4.28.